The topological polar surface area (TPSA) is 37.6 Å². The van der Waals surface area contributed by atoms with Crippen LogP contribution in [0.2, 0.25) is 0 Å². The first-order valence-electron chi connectivity index (χ1n) is 8.33. The van der Waals surface area contributed by atoms with Gasteiger partial charge < -0.3 is 0 Å². The van der Waals surface area contributed by atoms with Gasteiger partial charge in [0.15, 0.2) is 0 Å². The summed E-state index contributed by atoms with van der Waals surface area (Å²) in [5.74, 6) is 0. The Bertz CT molecular complexity index is 968. The number of pyridine rings is 1. The minimum absolute atomic E-state index is 0.806. The third kappa shape index (κ3) is 5.06. The molecule has 0 radical (unpaired) electrons. The Labute approximate surface area is 197 Å². The number of hydrogen-bond acceptors (Lipinski definition) is 3. The third-order valence-electron chi connectivity index (χ3n) is 3.92. The molecule has 0 aliphatic rings. The normalized spacial score (nSPS) is 12.4. The first kappa shape index (κ1) is 21.6. The molecule has 1 heterocycles. The van der Waals surface area contributed by atoms with Crippen molar-refractivity contribution in [3.05, 3.63) is 83.9 Å². The molecule has 142 valence electrons. The van der Waals surface area contributed by atoms with Crippen molar-refractivity contribution in [1.82, 2.24) is 4.98 Å². The SMILES string of the molecule is C/C(=N\c1c(Br)cccc1Br)c1cccc(/C(C)=N/c2c(Br)cccc2Br)n1. The maximum Gasteiger partial charge on any atom is 0.0917 e. The molecule has 0 saturated carbocycles. The standard InChI is InChI=1S/C21H15Br4N3/c1-12(26-20-14(22)6-3-7-15(20)23)18-10-5-11-19(28-18)13(2)27-21-16(24)8-4-9-17(21)25/h3-11H,1-2H3/b26-12+,27-13+. The molecule has 0 bridgehead atoms. The van der Waals surface area contributed by atoms with Gasteiger partial charge in [0.2, 0.25) is 0 Å². The van der Waals surface area contributed by atoms with E-state index in [1.54, 1.807) is 0 Å². The largest absolute Gasteiger partial charge is 0.249 e. The monoisotopic (exact) mass is 625 g/mol. The van der Waals surface area contributed by atoms with E-state index in [1.807, 2.05) is 68.4 Å². The summed E-state index contributed by atoms with van der Waals surface area (Å²) in [6.45, 7) is 3.91. The third-order valence-corrected chi connectivity index (χ3v) is 6.48. The Hall–Kier alpha value is -1.15. The molecule has 0 amide bonds. The van der Waals surface area contributed by atoms with Crippen LogP contribution >= 0.6 is 63.7 Å². The van der Waals surface area contributed by atoms with Gasteiger partial charge in [0, 0.05) is 17.9 Å². The van der Waals surface area contributed by atoms with Crippen LogP contribution in [0.4, 0.5) is 11.4 Å². The average Bonchev–Trinajstić information content (AvgIpc) is 2.67. The number of aliphatic imine (C=N–C) groups is 2. The van der Waals surface area contributed by atoms with Gasteiger partial charge in [0.05, 0.1) is 34.2 Å². The van der Waals surface area contributed by atoms with Crippen molar-refractivity contribution in [3.63, 3.8) is 0 Å². The first-order chi connectivity index (χ1) is 13.4. The van der Waals surface area contributed by atoms with Crippen molar-refractivity contribution in [2.24, 2.45) is 9.98 Å². The van der Waals surface area contributed by atoms with E-state index in [-0.39, 0.29) is 0 Å². The second kappa shape index (κ2) is 9.57. The minimum atomic E-state index is 0.806. The highest BCUT2D eigenvalue weighted by Crippen LogP contribution is 2.34. The molecule has 0 saturated heterocycles. The molecular formula is C21H15Br4N3. The van der Waals surface area contributed by atoms with E-state index < -0.39 is 0 Å². The molecule has 0 N–H and O–H groups in total. The number of rotatable bonds is 4. The van der Waals surface area contributed by atoms with Gasteiger partial charge in [0.25, 0.3) is 0 Å². The lowest BCUT2D eigenvalue weighted by molar-refractivity contribution is 1.23. The van der Waals surface area contributed by atoms with Crippen LogP contribution in [0.3, 0.4) is 0 Å². The van der Waals surface area contributed by atoms with Gasteiger partial charge in [0.1, 0.15) is 0 Å². The quantitative estimate of drug-likeness (QED) is 0.267. The van der Waals surface area contributed by atoms with Crippen LogP contribution in [0.25, 0.3) is 0 Å². The summed E-state index contributed by atoms with van der Waals surface area (Å²) in [5, 5.41) is 0. The lowest BCUT2D eigenvalue weighted by atomic mass is 10.2. The maximum absolute atomic E-state index is 4.76. The second-order valence-corrected chi connectivity index (χ2v) is 9.36. The predicted octanol–water partition coefficient (Wildman–Crippen LogP) is 8.41. The lowest BCUT2D eigenvalue weighted by Gasteiger charge is -2.08. The Kier molecular flexibility index (Phi) is 7.36. The summed E-state index contributed by atoms with van der Waals surface area (Å²) >= 11 is 14.2. The Morgan fingerprint density at radius 3 is 1.29 bits per heavy atom. The molecule has 0 atom stereocenters. The highest BCUT2D eigenvalue weighted by atomic mass is 79.9. The molecule has 1 aromatic heterocycles. The van der Waals surface area contributed by atoms with Crippen LogP contribution in [-0.2, 0) is 0 Å². The van der Waals surface area contributed by atoms with E-state index in [0.717, 1.165) is 52.1 Å². The average molecular weight is 629 g/mol. The fourth-order valence-electron chi connectivity index (χ4n) is 2.48. The number of para-hydroxylation sites is 2. The van der Waals surface area contributed by atoms with Crippen molar-refractivity contribution in [3.8, 4) is 0 Å². The van der Waals surface area contributed by atoms with Gasteiger partial charge in [-0.15, -0.1) is 0 Å². The molecule has 0 fully saturated rings. The number of halogens is 4. The van der Waals surface area contributed by atoms with Crippen molar-refractivity contribution in [2.75, 3.05) is 0 Å². The van der Waals surface area contributed by atoms with Gasteiger partial charge in [-0.25, -0.2) is 15.0 Å². The molecule has 3 aromatic rings. The number of hydrogen-bond donors (Lipinski definition) is 0. The van der Waals surface area contributed by atoms with E-state index in [0.29, 0.717) is 0 Å². The van der Waals surface area contributed by atoms with Crippen molar-refractivity contribution in [1.29, 1.82) is 0 Å². The van der Waals surface area contributed by atoms with E-state index in [1.165, 1.54) is 0 Å². The molecular weight excluding hydrogens is 614 g/mol. The minimum Gasteiger partial charge on any atom is -0.249 e. The van der Waals surface area contributed by atoms with Crippen LogP contribution in [0.5, 0.6) is 0 Å². The van der Waals surface area contributed by atoms with Crippen LogP contribution < -0.4 is 0 Å². The molecule has 2 aromatic carbocycles. The second-order valence-electron chi connectivity index (χ2n) is 5.94. The molecule has 28 heavy (non-hydrogen) atoms. The zero-order chi connectivity index (χ0) is 20.3. The fourth-order valence-corrected chi connectivity index (χ4v) is 4.83. The fraction of sp³-hybridized carbons (Fsp3) is 0.0952. The maximum atomic E-state index is 4.76. The summed E-state index contributed by atoms with van der Waals surface area (Å²) in [7, 11) is 0. The van der Waals surface area contributed by atoms with E-state index in [4.69, 9.17) is 15.0 Å². The zero-order valence-electron chi connectivity index (χ0n) is 15.0. The van der Waals surface area contributed by atoms with Crippen molar-refractivity contribution in [2.45, 2.75) is 13.8 Å². The zero-order valence-corrected chi connectivity index (χ0v) is 21.4. The van der Waals surface area contributed by atoms with E-state index in [9.17, 15) is 0 Å². The van der Waals surface area contributed by atoms with Crippen LogP contribution in [-0.4, -0.2) is 16.4 Å². The Morgan fingerprint density at radius 1 is 0.607 bits per heavy atom. The molecule has 0 unspecified atom stereocenters. The lowest BCUT2D eigenvalue weighted by Crippen LogP contribution is -2.05. The number of nitrogens with zero attached hydrogens (tertiary/aromatic N) is 3. The molecule has 0 aliphatic carbocycles. The molecule has 3 rings (SSSR count). The van der Waals surface area contributed by atoms with E-state index in [2.05, 4.69) is 63.7 Å². The predicted molar refractivity (Wildman–Crippen MR) is 132 cm³/mol. The van der Waals surface area contributed by atoms with Crippen LogP contribution in [0, 0.1) is 0 Å². The van der Waals surface area contributed by atoms with Gasteiger partial charge in [-0.3, -0.25) is 0 Å². The van der Waals surface area contributed by atoms with Gasteiger partial charge in [-0.2, -0.15) is 0 Å². The van der Waals surface area contributed by atoms with Gasteiger partial charge in [-0.1, -0.05) is 18.2 Å². The van der Waals surface area contributed by atoms with Crippen molar-refractivity contribution >= 4 is 86.5 Å². The Morgan fingerprint density at radius 2 is 0.929 bits per heavy atom. The summed E-state index contributed by atoms with van der Waals surface area (Å²) < 4.78 is 3.70. The molecule has 3 nitrogen and oxygen atoms in total. The first-order valence-corrected chi connectivity index (χ1v) is 11.5. The summed E-state index contributed by atoms with van der Waals surface area (Å²) in [5.41, 5.74) is 4.94. The summed E-state index contributed by atoms with van der Waals surface area (Å²) in [6, 6.07) is 17.7. The summed E-state index contributed by atoms with van der Waals surface area (Å²) in [4.78, 5) is 14.3. The molecule has 0 aliphatic heterocycles. The van der Waals surface area contributed by atoms with E-state index >= 15 is 0 Å². The molecule has 7 heteroatoms. The number of benzene rings is 2. The smallest absolute Gasteiger partial charge is 0.0917 e. The molecule has 0 spiro atoms. The Balaban J connectivity index is 1.98. The van der Waals surface area contributed by atoms with Gasteiger partial charge >= 0.3 is 0 Å². The van der Waals surface area contributed by atoms with Crippen LogP contribution in [0.15, 0.2) is 82.5 Å². The summed E-state index contributed by atoms with van der Waals surface area (Å²) in [6.07, 6.45) is 0. The van der Waals surface area contributed by atoms with Gasteiger partial charge in [-0.05, 0) is 114 Å². The highest BCUT2D eigenvalue weighted by molar-refractivity contribution is 9.11. The number of aromatic nitrogens is 1. The van der Waals surface area contributed by atoms with Crippen LogP contribution in [0.1, 0.15) is 25.2 Å². The highest BCUT2D eigenvalue weighted by Gasteiger charge is 2.09. The van der Waals surface area contributed by atoms with Crippen molar-refractivity contribution < 1.29 is 0 Å².